The van der Waals surface area contributed by atoms with Crippen LogP contribution in [0.1, 0.15) is 0 Å². The van der Waals surface area contributed by atoms with Crippen molar-refractivity contribution in [3.63, 3.8) is 0 Å². The summed E-state index contributed by atoms with van der Waals surface area (Å²) in [6.07, 6.45) is 0. The maximum atomic E-state index is 11.3. The second-order valence-corrected chi connectivity index (χ2v) is 2.30. The molecule has 0 aliphatic carbocycles. The van der Waals surface area contributed by atoms with Gasteiger partial charge in [0.1, 0.15) is 5.75 Å². The Bertz CT molecular complexity index is 323. The highest BCUT2D eigenvalue weighted by atomic mass is 16.5. The molecule has 0 amide bonds. The van der Waals surface area contributed by atoms with E-state index in [4.69, 9.17) is 4.74 Å². The van der Waals surface area contributed by atoms with Gasteiger partial charge >= 0.3 is 0 Å². The minimum absolute atomic E-state index is 0.0700. The Balaban J connectivity index is 3.26. The van der Waals surface area contributed by atoms with Crippen LogP contribution in [0.15, 0.2) is 29.1 Å². The maximum absolute atomic E-state index is 11.3. The summed E-state index contributed by atoms with van der Waals surface area (Å²) < 4.78 is 4.93. The third-order valence-corrected chi connectivity index (χ3v) is 1.57. The van der Waals surface area contributed by atoms with Gasteiger partial charge in [0.25, 0.3) is 0 Å². The Morgan fingerprint density at radius 2 is 2.17 bits per heavy atom. The SMILES string of the molecule is CNc1cccc(OC)cc1=O. The highest BCUT2D eigenvalue weighted by molar-refractivity contribution is 5.43. The van der Waals surface area contributed by atoms with E-state index in [0.717, 1.165) is 0 Å². The van der Waals surface area contributed by atoms with Crippen LogP contribution in [0, 0.1) is 0 Å². The molecule has 12 heavy (non-hydrogen) atoms. The molecule has 0 fully saturated rings. The van der Waals surface area contributed by atoms with Crippen molar-refractivity contribution < 1.29 is 4.74 Å². The molecule has 0 aromatic heterocycles. The molecule has 1 aromatic carbocycles. The summed E-state index contributed by atoms with van der Waals surface area (Å²) in [5.41, 5.74) is 0.498. The Morgan fingerprint density at radius 1 is 1.42 bits per heavy atom. The lowest BCUT2D eigenvalue weighted by Gasteiger charge is -1.92. The Hall–Kier alpha value is -1.51. The van der Waals surface area contributed by atoms with Gasteiger partial charge in [0.15, 0.2) is 0 Å². The molecule has 0 saturated carbocycles. The topological polar surface area (TPSA) is 38.3 Å². The van der Waals surface area contributed by atoms with Crippen LogP contribution < -0.4 is 15.5 Å². The van der Waals surface area contributed by atoms with E-state index in [1.807, 2.05) is 0 Å². The largest absolute Gasteiger partial charge is 0.497 e. The van der Waals surface area contributed by atoms with E-state index in [-0.39, 0.29) is 5.43 Å². The van der Waals surface area contributed by atoms with Gasteiger partial charge in [0.2, 0.25) is 5.43 Å². The van der Waals surface area contributed by atoms with E-state index in [2.05, 4.69) is 5.32 Å². The molecule has 0 unspecified atom stereocenters. The predicted octanol–water partition coefficient (Wildman–Crippen LogP) is 1.10. The molecule has 0 aliphatic heterocycles. The van der Waals surface area contributed by atoms with Gasteiger partial charge in [-0.15, -0.1) is 0 Å². The van der Waals surface area contributed by atoms with E-state index >= 15 is 0 Å². The lowest BCUT2D eigenvalue weighted by molar-refractivity contribution is 0.415. The fraction of sp³-hybridized carbons (Fsp3) is 0.222. The first-order valence-corrected chi connectivity index (χ1v) is 3.64. The molecule has 0 bridgehead atoms. The molecule has 64 valence electrons. The van der Waals surface area contributed by atoms with Gasteiger partial charge < -0.3 is 10.1 Å². The number of nitrogens with one attached hydrogen (secondary N) is 1. The van der Waals surface area contributed by atoms with Crippen LogP contribution in [0.25, 0.3) is 0 Å². The average Bonchev–Trinajstić information content (AvgIpc) is 2.26. The van der Waals surface area contributed by atoms with Crippen molar-refractivity contribution in [1.82, 2.24) is 0 Å². The van der Waals surface area contributed by atoms with E-state index < -0.39 is 0 Å². The summed E-state index contributed by atoms with van der Waals surface area (Å²) in [7, 11) is 3.25. The number of hydrogen-bond donors (Lipinski definition) is 1. The first kappa shape index (κ1) is 8.59. The van der Waals surface area contributed by atoms with Crippen LogP contribution in [0.2, 0.25) is 0 Å². The van der Waals surface area contributed by atoms with Gasteiger partial charge in [-0.2, -0.15) is 0 Å². The number of hydrogen-bond acceptors (Lipinski definition) is 3. The van der Waals surface area contributed by atoms with Gasteiger partial charge in [-0.05, 0) is 12.1 Å². The summed E-state index contributed by atoms with van der Waals surface area (Å²) in [4.78, 5) is 11.3. The zero-order chi connectivity index (χ0) is 8.97. The third kappa shape index (κ3) is 1.75. The summed E-state index contributed by atoms with van der Waals surface area (Å²) >= 11 is 0. The number of rotatable bonds is 2. The molecule has 0 saturated heterocycles. The van der Waals surface area contributed by atoms with E-state index in [0.29, 0.717) is 11.4 Å². The molecule has 0 radical (unpaired) electrons. The molecular weight excluding hydrogens is 154 g/mol. The van der Waals surface area contributed by atoms with Crippen molar-refractivity contribution in [2.75, 3.05) is 19.5 Å². The van der Waals surface area contributed by atoms with Gasteiger partial charge in [0, 0.05) is 13.1 Å². The van der Waals surface area contributed by atoms with Crippen LogP contribution in [0.5, 0.6) is 5.75 Å². The van der Waals surface area contributed by atoms with E-state index in [1.54, 1.807) is 25.2 Å². The second-order valence-electron chi connectivity index (χ2n) is 2.30. The standard InChI is InChI=1S/C9H11NO2/c1-10-8-5-3-4-7(12-2)6-9(8)11/h3-6H,1-2H3,(H,10,11). The summed E-state index contributed by atoms with van der Waals surface area (Å²) in [6, 6.07) is 6.67. The molecule has 0 aliphatic rings. The lowest BCUT2D eigenvalue weighted by atomic mass is 10.4. The van der Waals surface area contributed by atoms with Crippen molar-refractivity contribution in [3.05, 3.63) is 34.5 Å². The van der Waals surface area contributed by atoms with Crippen LogP contribution in [0.3, 0.4) is 0 Å². The van der Waals surface area contributed by atoms with Crippen LogP contribution in [-0.4, -0.2) is 14.2 Å². The van der Waals surface area contributed by atoms with E-state index in [9.17, 15) is 4.79 Å². The highest BCUT2D eigenvalue weighted by Crippen LogP contribution is 2.06. The minimum atomic E-state index is -0.0700. The third-order valence-electron chi connectivity index (χ3n) is 1.57. The normalized spacial score (nSPS) is 9.17. The van der Waals surface area contributed by atoms with Crippen LogP contribution >= 0.6 is 0 Å². The number of anilines is 1. The molecule has 1 rings (SSSR count). The number of ether oxygens (including phenoxy) is 1. The quantitative estimate of drug-likeness (QED) is 0.713. The molecule has 3 nitrogen and oxygen atoms in total. The van der Waals surface area contributed by atoms with E-state index in [1.165, 1.54) is 13.2 Å². The van der Waals surface area contributed by atoms with Crippen molar-refractivity contribution >= 4 is 5.69 Å². The summed E-state index contributed by atoms with van der Waals surface area (Å²) in [5, 5.41) is 2.80. The first-order chi connectivity index (χ1) is 5.77. The zero-order valence-electron chi connectivity index (χ0n) is 7.13. The second kappa shape index (κ2) is 3.76. The Morgan fingerprint density at radius 3 is 2.75 bits per heavy atom. The number of methoxy groups -OCH3 is 1. The average molecular weight is 165 g/mol. The maximum Gasteiger partial charge on any atom is 0.205 e. The van der Waals surface area contributed by atoms with Crippen LogP contribution in [0.4, 0.5) is 5.69 Å². The van der Waals surface area contributed by atoms with Crippen molar-refractivity contribution in [3.8, 4) is 5.75 Å². The van der Waals surface area contributed by atoms with Crippen molar-refractivity contribution in [2.24, 2.45) is 0 Å². The van der Waals surface area contributed by atoms with Crippen LogP contribution in [-0.2, 0) is 0 Å². The molecule has 3 heteroatoms. The molecule has 1 aromatic rings. The predicted molar refractivity (Wildman–Crippen MR) is 48.8 cm³/mol. The van der Waals surface area contributed by atoms with Crippen molar-refractivity contribution in [1.29, 1.82) is 0 Å². The summed E-state index contributed by atoms with van der Waals surface area (Å²) in [5.74, 6) is 0.571. The lowest BCUT2D eigenvalue weighted by Crippen LogP contribution is -2.03. The monoisotopic (exact) mass is 165 g/mol. The highest BCUT2D eigenvalue weighted by Gasteiger charge is 1.94. The van der Waals surface area contributed by atoms with Gasteiger partial charge in [0.05, 0.1) is 12.8 Å². The molecule has 0 heterocycles. The smallest absolute Gasteiger partial charge is 0.205 e. The molecule has 1 N–H and O–H groups in total. The van der Waals surface area contributed by atoms with Gasteiger partial charge in [-0.3, -0.25) is 4.79 Å². The summed E-state index contributed by atoms with van der Waals surface area (Å²) in [6.45, 7) is 0. The minimum Gasteiger partial charge on any atom is -0.497 e. The fourth-order valence-corrected chi connectivity index (χ4v) is 0.910. The molecule has 0 atom stereocenters. The first-order valence-electron chi connectivity index (χ1n) is 3.64. The Kier molecular flexibility index (Phi) is 2.69. The fourth-order valence-electron chi connectivity index (χ4n) is 0.910. The van der Waals surface area contributed by atoms with Crippen molar-refractivity contribution in [2.45, 2.75) is 0 Å². The Labute approximate surface area is 71.0 Å². The van der Waals surface area contributed by atoms with Gasteiger partial charge in [-0.25, -0.2) is 0 Å². The molecular formula is C9H11NO2. The van der Waals surface area contributed by atoms with Gasteiger partial charge in [-0.1, -0.05) is 6.07 Å². The molecule has 0 spiro atoms. The zero-order valence-corrected chi connectivity index (χ0v) is 7.13.